The lowest BCUT2D eigenvalue weighted by Gasteiger charge is -2.22. The molecule has 128 valence electrons. The monoisotopic (exact) mass is 366 g/mol. The van der Waals surface area contributed by atoms with Crippen LogP contribution in [0, 0.1) is 6.92 Å². The number of nitrogens with zero attached hydrogens (tertiary/aromatic N) is 1. The number of halogens is 1. The summed E-state index contributed by atoms with van der Waals surface area (Å²) in [5.41, 5.74) is 3.53. The number of aryl methyl sites for hydroxylation is 1. The Bertz CT molecular complexity index is 868. The quantitative estimate of drug-likeness (QED) is 0.845. The van der Waals surface area contributed by atoms with Crippen molar-refractivity contribution < 1.29 is 13.2 Å². The topological polar surface area (TPSA) is 58.6 Å². The van der Waals surface area contributed by atoms with Gasteiger partial charge in [0.2, 0.25) is 0 Å². The average molecular weight is 367 g/mol. The Morgan fingerprint density at radius 2 is 1.96 bits per heavy atom. The molecular weight excluding hydrogens is 348 g/mol. The molecule has 0 atom stereocenters. The first-order valence-electron chi connectivity index (χ1n) is 7.62. The molecule has 0 radical (unpaired) electrons. The number of methoxy groups -OCH3 is 1. The van der Waals surface area contributed by atoms with Gasteiger partial charge in [0.05, 0.1) is 12.8 Å². The normalized spacial score (nSPS) is 14.1. The van der Waals surface area contributed by atoms with Crippen LogP contribution in [0.4, 0.5) is 5.69 Å². The molecule has 3 rings (SSSR count). The zero-order valence-electron chi connectivity index (χ0n) is 13.5. The van der Waals surface area contributed by atoms with Crippen molar-refractivity contribution in [1.82, 2.24) is 5.32 Å². The predicted octanol–water partition coefficient (Wildman–Crippen LogP) is 3.00. The standard InChI is InChI=1S/C17H19ClN2O3S/c1-12-3-6-16(23-2)17(9-12)24(21,22)20(18)15-5-4-14-11-19-8-7-13(14)10-15/h3-6,9-10,19H,7-8,11H2,1-2H3. The summed E-state index contributed by atoms with van der Waals surface area (Å²) in [6, 6.07) is 10.5. The van der Waals surface area contributed by atoms with Crippen molar-refractivity contribution in [2.75, 3.05) is 17.5 Å². The third-order valence-electron chi connectivity index (χ3n) is 4.09. The summed E-state index contributed by atoms with van der Waals surface area (Å²) in [5.74, 6) is 0.272. The fraction of sp³-hybridized carbons (Fsp3) is 0.294. The minimum atomic E-state index is -3.93. The highest BCUT2D eigenvalue weighted by Gasteiger charge is 2.28. The zero-order chi connectivity index (χ0) is 17.3. The molecule has 1 heterocycles. The van der Waals surface area contributed by atoms with Crippen molar-refractivity contribution in [3.05, 3.63) is 53.1 Å². The van der Waals surface area contributed by atoms with Gasteiger partial charge in [-0.1, -0.05) is 12.1 Å². The van der Waals surface area contributed by atoms with Gasteiger partial charge in [0, 0.05) is 18.3 Å². The maximum atomic E-state index is 12.9. The number of nitrogens with one attached hydrogen (secondary N) is 1. The Morgan fingerprint density at radius 3 is 2.71 bits per heavy atom. The van der Waals surface area contributed by atoms with Crippen LogP contribution in [0.15, 0.2) is 41.3 Å². The van der Waals surface area contributed by atoms with Gasteiger partial charge < -0.3 is 10.1 Å². The van der Waals surface area contributed by atoms with Crippen LogP contribution < -0.4 is 13.9 Å². The van der Waals surface area contributed by atoms with Crippen LogP contribution in [0.5, 0.6) is 5.75 Å². The van der Waals surface area contributed by atoms with E-state index in [0.29, 0.717) is 5.69 Å². The highest BCUT2D eigenvalue weighted by Crippen LogP contribution is 2.33. The number of hydrogen-bond donors (Lipinski definition) is 1. The molecule has 0 saturated heterocycles. The molecule has 0 saturated carbocycles. The van der Waals surface area contributed by atoms with E-state index in [1.165, 1.54) is 12.7 Å². The number of anilines is 1. The van der Waals surface area contributed by atoms with E-state index in [4.69, 9.17) is 16.5 Å². The fourth-order valence-corrected chi connectivity index (χ4v) is 4.42. The molecule has 7 heteroatoms. The van der Waals surface area contributed by atoms with Crippen LogP contribution in [0.25, 0.3) is 0 Å². The SMILES string of the molecule is COc1ccc(C)cc1S(=O)(=O)N(Cl)c1ccc2c(c1)CCNC2. The molecule has 1 aliphatic heterocycles. The van der Waals surface area contributed by atoms with Crippen LogP contribution in [-0.4, -0.2) is 22.1 Å². The highest BCUT2D eigenvalue weighted by molar-refractivity contribution is 7.94. The van der Waals surface area contributed by atoms with Crippen molar-refractivity contribution in [3.8, 4) is 5.75 Å². The molecule has 5 nitrogen and oxygen atoms in total. The molecule has 24 heavy (non-hydrogen) atoms. The van der Waals surface area contributed by atoms with E-state index in [1.807, 2.05) is 19.1 Å². The van der Waals surface area contributed by atoms with Crippen molar-refractivity contribution in [2.45, 2.75) is 24.8 Å². The van der Waals surface area contributed by atoms with Crippen LogP contribution in [-0.2, 0) is 23.0 Å². The second kappa shape index (κ2) is 6.63. The third kappa shape index (κ3) is 3.09. The largest absolute Gasteiger partial charge is 0.495 e. The van der Waals surface area contributed by atoms with E-state index in [2.05, 4.69) is 5.32 Å². The van der Waals surface area contributed by atoms with E-state index < -0.39 is 10.0 Å². The second-order valence-electron chi connectivity index (χ2n) is 5.75. The Labute approximate surface area is 147 Å². The maximum absolute atomic E-state index is 12.9. The minimum absolute atomic E-state index is 0.0550. The highest BCUT2D eigenvalue weighted by atomic mass is 35.5. The lowest BCUT2D eigenvalue weighted by molar-refractivity contribution is 0.402. The van der Waals surface area contributed by atoms with Crippen LogP contribution >= 0.6 is 11.8 Å². The summed E-state index contributed by atoms with van der Waals surface area (Å²) in [6.07, 6.45) is 0.849. The third-order valence-corrected chi connectivity index (χ3v) is 6.34. The number of fused-ring (bicyclic) bond motifs is 1. The summed E-state index contributed by atoms with van der Waals surface area (Å²) in [6.45, 7) is 3.48. The van der Waals surface area contributed by atoms with Gasteiger partial charge in [-0.15, -0.1) is 0 Å². The van der Waals surface area contributed by atoms with E-state index >= 15 is 0 Å². The molecule has 2 aromatic rings. The minimum Gasteiger partial charge on any atom is -0.495 e. The fourth-order valence-electron chi connectivity index (χ4n) is 2.78. The summed E-state index contributed by atoms with van der Waals surface area (Å²) >= 11 is 6.23. The van der Waals surface area contributed by atoms with E-state index in [-0.39, 0.29) is 10.6 Å². The Hall–Kier alpha value is -1.76. The molecule has 0 fully saturated rings. The first kappa shape index (κ1) is 17.1. The smallest absolute Gasteiger partial charge is 0.281 e. The van der Waals surface area contributed by atoms with Crippen LogP contribution in [0.1, 0.15) is 16.7 Å². The van der Waals surface area contributed by atoms with Crippen molar-refractivity contribution >= 4 is 27.5 Å². The molecule has 0 aliphatic carbocycles. The number of sulfonamides is 1. The molecule has 0 amide bonds. The van der Waals surface area contributed by atoms with Crippen molar-refractivity contribution in [3.63, 3.8) is 0 Å². The van der Waals surface area contributed by atoms with Crippen LogP contribution in [0.2, 0.25) is 0 Å². The first-order chi connectivity index (χ1) is 11.4. The molecule has 0 spiro atoms. The molecule has 0 unspecified atom stereocenters. The number of benzene rings is 2. The van der Waals surface area contributed by atoms with Gasteiger partial charge in [-0.05, 0) is 60.8 Å². The molecule has 0 bridgehead atoms. The van der Waals surface area contributed by atoms with Gasteiger partial charge in [0.1, 0.15) is 10.6 Å². The lowest BCUT2D eigenvalue weighted by Crippen LogP contribution is -2.25. The number of hydrogen-bond acceptors (Lipinski definition) is 4. The van der Waals surface area contributed by atoms with Gasteiger partial charge in [-0.3, -0.25) is 0 Å². The molecule has 0 aromatic heterocycles. The summed E-state index contributed by atoms with van der Waals surface area (Å²) in [5, 5.41) is 3.29. The summed E-state index contributed by atoms with van der Waals surface area (Å²) in [4.78, 5) is 0.0550. The van der Waals surface area contributed by atoms with Gasteiger partial charge in [-0.2, -0.15) is 12.2 Å². The van der Waals surface area contributed by atoms with Gasteiger partial charge in [0.15, 0.2) is 0 Å². The second-order valence-corrected chi connectivity index (χ2v) is 8.05. The van der Waals surface area contributed by atoms with Gasteiger partial charge >= 0.3 is 0 Å². The maximum Gasteiger partial charge on any atom is 0.281 e. The van der Waals surface area contributed by atoms with Crippen molar-refractivity contribution in [2.24, 2.45) is 0 Å². The average Bonchev–Trinajstić information content (AvgIpc) is 2.60. The molecule has 2 aromatic carbocycles. The number of rotatable bonds is 4. The Balaban J connectivity index is 2.02. The Kier molecular flexibility index (Phi) is 4.71. The van der Waals surface area contributed by atoms with Gasteiger partial charge in [-0.25, -0.2) is 0 Å². The van der Waals surface area contributed by atoms with E-state index in [9.17, 15) is 8.42 Å². The van der Waals surface area contributed by atoms with Crippen molar-refractivity contribution in [1.29, 1.82) is 0 Å². The molecule has 1 aliphatic rings. The number of ether oxygens (including phenoxy) is 1. The Morgan fingerprint density at radius 1 is 1.17 bits per heavy atom. The lowest BCUT2D eigenvalue weighted by atomic mass is 10.0. The van der Waals surface area contributed by atoms with Crippen LogP contribution in [0.3, 0.4) is 0 Å². The van der Waals surface area contributed by atoms with E-state index in [0.717, 1.165) is 34.5 Å². The summed E-state index contributed by atoms with van der Waals surface area (Å²) < 4.78 is 31.9. The zero-order valence-corrected chi connectivity index (χ0v) is 15.1. The first-order valence-corrected chi connectivity index (χ1v) is 9.39. The van der Waals surface area contributed by atoms with E-state index in [1.54, 1.807) is 24.3 Å². The summed E-state index contributed by atoms with van der Waals surface area (Å²) in [7, 11) is -2.49. The molecule has 1 N–H and O–H groups in total. The predicted molar refractivity (Wildman–Crippen MR) is 95.1 cm³/mol. The molecular formula is C17H19ClN2O3S. The van der Waals surface area contributed by atoms with Gasteiger partial charge in [0.25, 0.3) is 10.0 Å².